The molecule has 0 unspecified atom stereocenters. The molecule has 5 nitrogen and oxygen atoms in total. The first kappa shape index (κ1) is 19.9. The van der Waals surface area contributed by atoms with Crippen molar-refractivity contribution in [2.24, 2.45) is 0 Å². The molecule has 3 rings (SSSR count). The highest BCUT2D eigenvalue weighted by Gasteiger charge is 2.11. The van der Waals surface area contributed by atoms with E-state index in [1.807, 2.05) is 24.3 Å². The topological polar surface area (TPSA) is 64.1 Å². The first-order valence-corrected chi connectivity index (χ1v) is 10.4. The lowest BCUT2D eigenvalue weighted by Gasteiger charge is -2.06. The average Bonchev–Trinajstić information content (AvgIpc) is 3.13. The average molecular weight is 440 g/mol. The number of nitrogens with one attached hydrogen (secondary N) is 1. The van der Waals surface area contributed by atoms with Crippen LogP contribution in [0.4, 0.5) is 5.13 Å². The number of thioether (sulfide) groups is 1. The van der Waals surface area contributed by atoms with E-state index in [-0.39, 0.29) is 12.3 Å². The molecule has 1 N–H and O–H groups in total. The van der Waals surface area contributed by atoms with Crippen LogP contribution in [0.2, 0.25) is 10.0 Å². The maximum absolute atomic E-state index is 12.3. The third-order valence-corrected chi connectivity index (χ3v) is 6.32. The maximum atomic E-state index is 12.3. The van der Waals surface area contributed by atoms with Gasteiger partial charge in [-0.25, -0.2) is 0 Å². The summed E-state index contributed by atoms with van der Waals surface area (Å²) in [5.41, 5.74) is 1.55. The lowest BCUT2D eigenvalue weighted by atomic mass is 10.1. The molecule has 0 atom stereocenters. The Hall–Kier alpha value is -1.80. The van der Waals surface area contributed by atoms with E-state index in [1.165, 1.54) is 18.4 Å². The second-order valence-electron chi connectivity index (χ2n) is 5.38. The molecule has 9 heteroatoms. The van der Waals surface area contributed by atoms with Crippen molar-refractivity contribution >= 4 is 57.2 Å². The highest BCUT2D eigenvalue weighted by molar-refractivity contribution is 8.00. The summed E-state index contributed by atoms with van der Waals surface area (Å²) in [5, 5.41) is 12.9. The number of halogens is 2. The minimum atomic E-state index is -0.0972. The number of rotatable bonds is 8. The van der Waals surface area contributed by atoms with E-state index in [0.29, 0.717) is 27.2 Å². The van der Waals surface area contributed by atoms with Crippen LogP contribution >= 0.6 is 46.3 Å². The Bertz CT molecular complexity index is 950. The molecule has 140 valence electrons. The van der Waals surface area contributed by atoms with Crippen LogP contribution in [-0.2, 0) is 5.75 Å². The normalized spacial score (nSPS) is 10.6. The van der Waals surface area contributed by atoms with Crippen LogP contribution in [0, 0.1) is 0 Å². The van der Waals surface area contributed by atoms with Crippen molar-refractivity contribution in [3.05, 3.63) is 63.6 Å². The number of carbonyl (C=O) groups excluding carboxylic acids is 1. The van der Waals surface area contributed by atoms with Gasteiger partial charge in [0.2, 0.25) is 5.13 Å². The third-order valence-electron chi connectivity index (χ3n) is 3.59. The number of carbonyl (C=O) groups is 1. The largest absolute Gasteiger partial charge is 0.495 e. The number of ketones is 1. The van der Waals surface area contributed by atoms with Crippen LogP contribution in [0.15, 0.2) is 46.8 Å². The number of hydrogen-bond acceptors (Lipinski definition) is 7. The quantitative estimate of drug-likeness (QED) is 0.372. The van der Waals surface area contributed by atoms with E-state index < -0.39 is 0 Å². The third kappa shape index (κ3) is 5.35. The zero-order chi connectivity index (χ0) is 19.2. The number of hydrogen-bond donors (Lipinski definition) is 1. The Morgan fingerprint density at radius 3 is 2.74 bits per heavy atom. The number of ether oxygens (including phenoxy) is 1. The molecule has 0 saturated carbocycles. The lowest BCUT2D eigenvalue weighted by molar-refractivity contribution is 0.101. The van der Waals surface area contributed by atoms with Gasteiger partial charge in [0.25, 0.3) is 0 Å². The van der Waals surface area contributed by atoms with Gasteiger partial charge in [-0.05, 0) is 29.8 Å². The van der Waals surface area contributed by atoms with E-state index in [4.69, 9.17) is 27.9 Å². The minimum Gasteiger partial charge on any atom is -0.495 e. The molecule has 2 aromatic carbocycles. The van der Waals surface area contributed by atoms with Gasteiger partial charge in [-0.15, -0.1) is 10.2 Å². The zero-order valence-corrected chi connectivity index (χ0v) is 17.4. The zero-order valence-electron chi connectivity index (χ0n) is 14.2. The van der Waals surface area contributed by atoms with Gasteiger partial charge < -0.3 is 10.1 Å². The van der Waals surface area contributed by atoms with Crippen LogP contribution in [0.1, 0.15) is 15.9 Å². The molecule has 0 aliphatic rings. The minimum absolute atomic E-state index is 0.0972. The van der Waals surface area contributed by atoms with E-state index in [0.717, 1.165) is 14.9 Å². The number of Topliss-reactive ketones (excluding diaryl/α,β-unsaturated/α-hetero) is 1. The smallest absolute Gasteiger partial charge is 0.206 e. The molecule has 0 radical (unpaired) electrons. The summed E-state index contributed by atoms with van der Waals surface area (Å²) in [4.78, 5) is 12.3. The van der Waals surface area contributed by atoms with Gasteiger partial charge in [0.1, 0.15) is 5.75 Å². The van der Waals surface area contributed by atoms with Gasteiger partial charge >= 0.3 is 0 Å². The van der Waals surface area contributed by atoms with Crippen molar-refractivity contribution in [2.75, 3.05) is 19.0 Å². The van der Waals surface area contributed by atoms with Gasteiger partial charge in [0, 0.05) is 16.3 Å². The highest BCUT2D eigenvalue weighted by Crippen LogP contribution is 2.30. The molecule has 3 aromatic rings. The molecule has 0 spiro atoms. The molecule has 1 aromatic heterocycles. The monoisotopic (exact) mass is 439 g/mol. The van der Waals surface area contributed by atoms with Crippen molar-refractivity contribution < 1.29 is 9.53 Å². The number of anilines is 1. The van der Waals surface area contributed by atoms with Crippen LogP contribution in [0.25, 0.3) is 0 Å². The van der Waals surface area contributed by atoms with Gasteiger partial charge in [0.15, 0.2) is 10.1 Å². The van der Waals surface area contributed by atoms with Crippen molar-refractivity contribution in [3.8, 4) is 5.75 Å². The molecule has 27 heavy (non-hydrogen) atoms. The summed E-state index contributed by atoms with van der Waals surface area (Å²) in [6.45, 7) is 0.104. The van der Waals surface area contributed by atoms with Gasteiger partial charge in [-0.3, -0.25) is 4.79 Å². The number of aromatic nitrogens is 2. The second kappa shape index (κ2) is 9.41. The number of benzene rings is 2. The molecule has 0 aliphatic carbocycles. The van der Waals surface area contributed by atoms with Crippen molar-refractivity contribution in [2.45, 2.75) is 10.1 Å². The Kier molecular flexibility index (Phi) is 6.95. The van der Waals surface area contributed by atoms with Gasteiger partial charge in [-0.1, -0.05) is 64.5 Å². The van der Waals surface area contributed by atoms with Crippen LogP contribution in [-0.4, -0.2) is 29.6 Å². The van der Waals surface area contributed by atoms with Crippen molar-refractivity contribution in [3.63, 3.8) is 0 Å². The van der Waals surface area contributed by atoms with Gasteiger partial charge in [0.05, 0.1) is 18.7 Å². The molecule has 1 heterocycles. The summed E-state index contributed by atoms with van der Waals surface area (Å²) < 4.78 is 5.89. The molecular weight excluding hydrogens is 425 g/mol. The number of methoxy groups -OCH3 is 1. The summed E-state index contributed by atoms with van der Waals surface area (Å²) in [6, 6.07) is 12.6. The predicted molar refractivity (Wildman–Crippen MR) is 112 cm³/mol. The van der Waals surface area contributed by atoms with E-state index >= 15 is 0 Å². The summed E-state index contributed by atoms with van der Waals surface area (Å²) in [6.07, 6.45) is 0. The van der Waals surface area contributed by atoms with E-state index in [1.54, 1.807) is 30.0 Å². The summed E-state index contributed by atoms with van der Waals surface area (Å²) >= 11 is 15.2. The second-order valence-corrected chi connectivity index (χ2v) is 8.39. The molecule has 0 aliphatic heterocycles. The number of nitrogens with zero attached hydrogens (tertiary/aromatic N) is 2. The molecule has 0 bridgehead atoms. The molecule has 0 fully saturated rings. The van der Waals surface area contributed by atoms with E-state index in [9.17, 15) is 4.79 Å². The summed E-state index contributed by atoms with van der Waals surface area (Å²) in [5.74, 6) is 1.14. The van der Waals surface area contributed by atoms with Crippen LogP contribution in [0.3, 0.4) is 0 Å². The fraction of sp³-hybridized carbons (Fsp3) is 0.167. The molecular formula is C18H15Cl2N3O2S2. The Morgan fingerprint density at radius 1 is 1.19 bits per heavy atom. The fourth-order valence-electron chi connectivity index (χ4n) is 2.19. The Morgan fingerprint density at radius 2 is 2.00 bits per heavy atom. The van der Waals surface area contributed by atoms with Crippen LogP contribution in [0.5, 0.6) is 5.75 Å². The first-order chi connectivity index (χ1) is 13.1. The standard InChI is InChI=1S/C18H15Cl2N3O2S2/c1-25-16-7-6-11(8-14(16)20)15(24)9-21-17-22-23-18(27-17)26-10-12-4-2-3-5-13(12)19/h2-8H,9-10H2,1H3,(H,21,22). The molecule has 0 amide bonds. The lowest BCUT2D eigenvalue weighted by Crippen LogP contribution is -2.13. The summed E-state index contributed by atoms with van der Waals surface area (Å²) in [7, 11) is 1.53. The highest BCUT2D eigenvalue weighted by atomic mass is 35.5. The van der Waals surface area contributed by atoms with E-state index in [2.05, 4.69) is 15.5 Å². The maximum Gasteiger partial charge on any atom is 0.206 e. The van der Waals surface area contributed by atoms with Crippen molar-refractivity contribution in [1.29, 1.82) is 0 Å². The SMILES string of the molecule is COc1ccc(C(=O)CNc2nnc(SCc3ccccc3Cl)s2)cc1Cl. The Labute approximate surface area is 175 Å². The predicted octanol–water partition coefficient (Wildman–Crippen LogP) is 5.44. The fourth-order valence-corrected chi connectivity index (χ4v) is 4.48. The molecule has 0 saturated heterocycles. The first-order valence-electron chi connectivity index (χ1n) is 7.87. The van der Waals surface area contributed by atoms with Crippen molar-refractivity contribution in [1.82, 2.24) is 10.2 Å². The Balaban J connectivity index is 1.54. The van der Waals surface area contributed by atoms with Gasteiger partial charge in [-0.2, -0.15) is 0 Å². The van der Waals surface area contributed by atoms with Crippen LogP contribution < -0.4 is 10.1 Å².